The maximum atomic E-state index is 12.3. The number of benzene rings is 2. The topological polar surface area (TPSA) is 66.4 Å². The Kier molecular flexibility index (Phi) is 5.41. The fourth-order valence-corrected chi connectivity index (χ4v) is 2.97. The zero-order chi connectivity index (χ0) is 18.5. The Morgan fingerprint density at radius 1 is 0.923 bits per heavy atom. The summed E-state index contributed by atoms with van der Waals surface area (Å²) in [6, 6.07) is 10.7. The van der Waals surface area contributed by atoms with Gasteiger partial charge in [0.05, 0.1) is 32.6 Å². The van der Waals surface area contributed by atoms with Crippen molar-refractivity contribution in [3.05, 3.63) is 53.1 Å². The third-order valence-electron chi connectivity index (χ3n) is 4.34. The quantitative estimate of drug-likeness (QED) is 0.605. The SMILES string of the molecule is COc1ccc2c(c1)CCCC2=NOC(=O)c1ccc(OC)c(OC)c1. The van der Waals surface area contributed by atoms with Crippen molar-refractivity contribution < 1.29 is 23.8 Å². The standard InChI is InChI=1S/C20H21NO5/c1-23-15-8-9-16-13(11-15)5-4-6-17(16)21-26-20(22)14-7-10-18(24-2)19(12-14)25-3/h7-12H,4-6H2,1-3H3. The normalized spacial score (nSPS) is 14.5. The van der Waals surface area contributed by atoms with E-state index in [2.05, 4.69) is 5.16 Å². The van der Waals surface area contributed by atoms with E-state index in [1.165, 1.54) is 14.2 Å². The van der Waals surface area contributed by atoms with Gasteiger partial charge in [-0.1, -0.05) is 5.16 Å². The number of carbonyl (C=O) groups excluding carboxylic acids is 1. The van der Waals surface area contributed by atoms with Crippen LogP contribution in [-0.2, 0) is 11.3 Å². The number of aryl methyl sites for hydroxylation is 1. The van der Waals surface area contributed by atoms with Gasteiger partial charge in [-0.25, -0.2) is 4.79 Å². The minimum absolute atomic E-state index is 0.345. The summed E-state index contributed by atoms with van der Waals surface area (Å²) in [7, 11) is 4.70. The van der Waals surface area contributed by atoms with E-state index in [4.69, 9.17) is 19.0 Å². The number of fused-ring (bicyclic) bond motifs is 1. The molecule has 0 spiro atoms. The van der Waals surface area contributed by atoms with Gasteiger partial charge in [0.15, 0.2) is 11.5 Å². The summed E-state index contributed by atoms with van der Waals surface area (Å²) in [5.74, 6) is 1.28. The van der Waals surface area contributed by atoms with Crippen LogP contribution in [0.25, 0.3) is 0 Å². The minimum atomic E-state index is -0.543. The molecular formula is C20H21NO5. The molecule has 0 fully saturated rings. The molecule has 1 aliphatic carbocycles. The first-order valence-corrected chi connectivity index (χ1v) is 8.33. The van der Waals surface area contributed by atoms with E-state index >= 15 is 0 Å². The molecule has 1 aliphatic rings. The van der Waals surface area contributed by atoms with Crippen molar-refractivity contribution in [3.63, 3.8) is 0 Å². The first-order valence-electron chi connectivity index (χ1n) is 8.33. The van der Waals surface area contributed by atoms with Gasteiger partial charge in [-0.2, -0.15) is 0 Å². The van der Waals surface area contributed by atoms with Gasteiger partial charge in [0.25, 0.3) is 0 Å². The van der Waals surface area contributed by atoms with Gasteiger partial charge in [0, 0.05) is 5.56 Å². The fraction of sp³-hybridized carbons (Fsp3) is 0.300. The molecule has 136 valence electrons. The third-order valence-corrected chi connectivity index (χ3v) is 4.34. The Balaban J connectivity index is 1.79. The number of oxime groups is 1. The Morgan fingerprint density at radius 2 is 1.73 bits per heavy atom. The molecular weight excluding hydrogens is 334 g/mol. The second-order valence-electron chi connectivity index (χ2n) is 5.86. The molecule has 0 unspecified atom stereocenters. The van der Waals surface area contributed by atoms with Crippen LogP contribution in [0.5, 0.6) is 17.2 Å². The zero-order valence-corrected chi connectivity index (χ0v) is 15.1. The summed E-state index contributed by atoms with van der Waals surface area (Å²) in [6.45, 7) is 0. The summed E-state index contributed by atoms with van der Waals surface area (Å²) < 4.78 is 15.6. The first kappa shape index (κ1) is 17.8. The van der Waals surface area contributed by atoms with E-state index in [0.717, 1.165) is 41.9 Å². The lowest BCUT2D eigenvalue weighted by Crippen LogP contribution is -2.13. The van der Waals surface area contributed by atoms with Gasteiger partial charge in [-0.3, -0.25) is 0 Å². The van der Waals surface area contributed by atoms with Gasteiger partial charge in [-0.15, -0.1) is 0 Å². The van der Waals surface area contributed by atoms with Crippen LogP contribution in [-0.4, -0.2) is 33.0 Å². The smallest absolute Gasteiger partial charge is 0.365 e. The predicted octanol–water partition coefficient (Wildman–Crippen LogP) is 3.61. The molecule has 2 aromatic rings. The van der Waals surface area contributed by atoms with Crippen LogP contribution in [0.2, 0.25) is 0 Å². The predicted molar refractivity (Wildman–Crippen MR) is 97.4 cm³/mol. The number of carbonyl (C=O) groups is 1. The average molecular weight is 355 g/mol. The Hall–Kier alpha value is -3.02. The molecule has 0 saturated heterocycles. The second kappa shape index (κ2) is 7.91. The van der Waals surface area contributed by atoms with Crippen LogP contribution in [0.3, 0.4) is 0 Å². The molecule has 0 aliphatic heterocycles. The first-order chi connectivity index (χ1) is 12.7. The maximum Gasteiger partial charge on any atom is 0.365 e. The van der Waals surface area contributed by atoms with Crippen LogP contribution in [0.1, 0.15) is 34.3 Å². The van der Waals surface area contributed by atoms with Crippen molar-refractivity contribution in [2.24, 2.45) is 5.16 Å². The van der Waals surface area contributed by atoms with Gasteiger partial charge < -0.3 is 19.0 Å². The van der Waals surface area contributed by atoms with E-state index < -0.39 is 5.97 Å². The van der Waals surface area contributed by atoms with Crippen molar-refractivity contribution in [2.45, 2.75) is 19.3 Å². The van der Waals surface area contributed by atoms with E-state index in [-0.39, 0.29) is 0 Å². The average Bonchev–Trinajstić information content (AvgIpc) is 2.70. The summed E-state index contributed by atoms with van der Waals surface area (Å²) in [4.78, 5) is 17.5. The molecule has 0 heterocycles. The Morgan fingerprint density at radius 3 is 2.46 bits per heavy atom. The summed E-state index contributed by atoms with van der Waals surface area (Å²) >= 11 is 0. The molecule has 0 radical (unpaired) electrons. The molecule has 0 N–H and O–H groups in total. The van der Waals surface area contributed by atoms with Crippen LogP contribution < -0.4 is 14.2 Å². The molecule has 6 heteroatoms. The summed E-state index contributed by atoms with van der Waals surface area (Å²) in [6.07, 6.45) is 2.67. The highest BCUT2D eigenvalue weighted by Crippen LogP contribution is 2.28. The van der Waals surface area contributed by atoms with Crippen LogP contribution >= 0.6 is 0 Å². The number of methoxy groups -OCH3 is 3. The largest absolute Gasteiger partial charge is 0.497 e. The number of hydrogen-bond donors (Lipinski definition) is 0. The molecule has 26 heavy (non-hydrogen) atoms. The number of hydrogen-bond acceptors (Lipinski definition) is 6. The number of rotatable bonds is 5. The molecule has 0 atom stereocenters. The van der Waals surface area contributed by atoms with Crippen molar-refractivity contribution in [1.82, 2.24) is 0 Å². The lowest BCUT2D eigenvalue weighted by atomic mass is 9.90. The highest BCUT2D eigenvalue weighted by atomic mass is 16.7. The summed E-state index contributed by atoms with van der Waals surface area (Å²) in [5.41, 5.74) is 3.26. The zero-order valence-electron chi connectivity index (χ0n) is 15.1. The van der Waals surface area contributed by atoms with Gasteiger partial charge >= 0.3 is 5.97 Å². The molecule has 2 aromatic carbocycles. The molecule has 0 aromatic heterocycles. The van der Waals surface area contributed by atoms with Crippen molar-refractivity contribution in [3.8, 4) is 17.2 Å². The van der Waals surface area contributed by atoms with E-state index in [1.807, 2.05) is 18.2 Å². The minimum Gasteiger partial charge on any atom is -0.497 e. The van der Waals surface area contributed by atoms with Crippen LogP contribution in [0.15, 0.2) is 41.6 Å². The third kappa shape index (κ3) is 3.64. The van der Waals surface area contributed by atoms with Crippen molar-refractivity contribution in [1.29, 1.82) is 0 Å². The van der Waals surface area contributed by atoms with Crippen molar-refractivity contribution in [2.75, 3.05) is 21.3 Å². The molecule has 0 amide bonds. The lowest BCUT2D eigenvalue weighted by Gasteiger charge is -2.18. The fourth-order valence-electron chi connectivity index (χ4n) is 2.97. The highest BCUT2D eigenvalue weighted by molar-refractivity contribution is 6.03. The summed E-state index contributed by atoms with van der Waals surface area (Å²) in [5, 5.41) is 4.11. The van der Waals surface area contributed by atoms with Crippen molar-refractivity contribution >= 4 is 11.7 Å². The van der Waals surface area contributed by atoms with Crippen LogP contribution in [0, 0.1) is 0 Å². The lowest BCUT2D eigenvalue weighted by molar-refractivity contribution is 0.0515. The molecule has 3 rings (SSSR count). The van der Waals surface area contributed by atoms with Gasteiger partial charge in [0.1, 0.15) is 5.75 Å². The Bertz CT molecular complexity index is 844. The highest BCUT2D eigenvalue weighted by Gasteiger charge is 2.18. The molecule has 0 bridgehead atoms. The molecule has 0 saturated carbocycles. The van der Waals surface area contributed by atoms with Gasteiger partial charge in [-0.05, 0) is 61.2 Å². The van der Waals surface area contributed by atoms with E-state index in [0.29, 0.717) is 17.1 Å². The van der Waals surface area contributed by atoms with E-state index in [9.17, 15) is 4.79 Å². The van der Waals surface area contributed by atoms with Crippen LogP contribution in [0.4, 0.5) is 0 Å². The number of ether oxygens (including phenoxy) is 3. The second-order valence-corrected chi connectivity index (χ2v) is 5.86. The number of nitrogens with zero attached hydrogens (tertiary/aromatic N) is 1. The maximum absolute atomic E-state index is 12.3. The Labute approximate surface area is 152 Å². The van der Waals surface area contributed by atoms with E-state index in [1.54, 1.807) is 25.3 Å². The monoisotopic (exact) mass is 355 g/mol. The van der Waals surface area contributed by atoms with Gasteiger partial charge in [0.2, 0.25) is 0 Å². The molecule has 6 nitrogen and oxygen atoms in total.